The van der Waals surface area contributed by atoms with E-state index in [1.54, 1.807) is 4.90 Å². The van der Waals surface area contributed by atoms with Gasteiger partial charge in [0, 0.05) is 32.7 Å². The Balaban J connectivity index is 0.000000631. The van der Waals surface area contributed by atoms with Crippen molar-refractivity contribution in [1.29, 1.82) is 0 Å². The molecule has 2 N–H and O–H groups in total. The molecule has 0 aromatic heterocycles. The normalized spacial score (nSPS) is 16.6. The maximum absolute atomic E-state index is 11.6. The summed E-state index contributed by atoms with van der Waals surface area (Å²) in [5.41, 5.74) is 4.27. The molecule has 18 heavy (non-hydrogen) atoms. The number of hydrogen-bond acceptors (Lipinski definition) is 5. The monoisotopic (exact) mass is 259 g/mol. The first-order valence-electron chi connectivity index (χ1n) is 6.10. The van der Waals surface area contributed by atoms with Crippen molar-refractivity contribution < 1.29 is 14.3 Å². The van der Waals surface area contributed by atoms with E-state index < -0.39 is 0 Å². The Morgan fingerprint density at radius 2 is 1.72 bits per heavy atom. The lowest BCUT2D eigenvalue weighted by molar-refractivity contribution is -0.106. The number of aldehydes is 1. The Kier molecular flexibility index (Phi) is 7.54. The zero-order chi connectivity index (χ0) is 14.2. The fraction of sp³-hybridized carbons (Fsp3) is 0.833. The van der Waals surface area contributed by atoms with E-state index >= 15 is 0 Å². The second-order valence-electron chi connectivity index (χ2n) is 5.17. The third-order valence-electron chi connectivity index (χ3n) is 2.25. The maximum Gasteiger partial charge on any atom is 0.410 e. The van der Waals surface area contributed by atoms with E-state index in [-0.39, 0.29) is 18.2 Å². The van der Waals surface area contributed by atoms with E-state index in [0.29, 0.717) is 6.29 Å². The maximum atomic E-state index is 11.6. The lowest BCUT2D eigenvalue weighted by Gasteiger charge is -2.33. The van der Waals surface area contributed by atoms with Gasteiger partial charge in [0.2, 0.25) is 0 Å². The van der Waals surface area contributed by atoms with Gasteiger partial charge in [-0.15, -0.1) is 0 Å². The lowest BCUT2D eigenvalue weighted by Crippen LogP contribution is -2.48. The molecule has 0 aromatic rings. The summed E-state index contributed by atoms with van der Waals surface area (Å²) in [6.45, 7) is 9.21. The molecule has 0 unspecified atom stereocenters. The molecule has 1 aliphatic heterocycles. The van der Waals surface area contributed by atoms with Crippen LogP contribution in [-0.2, 0) is 9.53 Å². The van der Waals surface area contributed by atoms with Gasteiger partial charge in [0.15, 0.2) is 0 Å². The highest BCUT2D eigenvalue weighted by atomic mass is 16.6. The Labute approximate surface area is 109 Å². The molecule has 106 valence electrons. The Morgan fingerprint density at radius 1 is 1.28 bits per heavy atom. The standard InChI is InChI=1S/C10H20N2O2.C2H5NO/c1-10(2,3)14-9(13)12-7-5-11(4)6-8-12;3-1-2-4/h5-8H2,1-4H3;2H,1,3H2. The molecule has 1 rings (SSSR count). The third kappa shape index (κ3) is 8.03. The van der Waals surface area contributed by atoms with Crippen molar-refractivity contribution in [3.63, 3.8) is 0 Å². The average Bonchev–Trinajstić information content (AvgIpc) is 2.28. The van der Waals surface area contributed by atoms with E-state index in [4.69, 9.17) is 9.53 Å². The highest BCUT2D eigenvalue weighted by molar-refractivity contribution is 5.68. The summed E-state index contributed by atoms with van der Waals surface area (Å²) < 4.78 is 5.28. The smallest absolute Gasteiger partial charge is 0.410 e. The van der Waals surface area contributed by atoms with Gasteiger partial charge in [0.1, 0.15) is 11.9 Å². The second kappa shape index (κ2) is 8.05. The summed E-state index contributed by atoms with van der Waals surface area (Å²) in [6.07, 6.45) is 0.464. The van der Waals surface area contributed by atoms with Gasteiger partial charge in [-0.05, 0) is 27.8 Å². The van der Waals surface area contributed by atoms with Crippen LogP contribution < -0.4 is 5.73 Å². The Hall–Kier alpha value is -1.14. The molecule has 1 amide bonds. The minimum absolute atomic E-state index is 0.139. The first-order chi connectivity index (χ1) is 8.30. The molecule has 0 aliphatic carbocycles. The minimum atomic E-state index is -0.388. The molecular formula is C12H25N3O3. The van der Waals surface area contributed by atoms with Crippen molar-refractivity contribution in [1.82, 2.24) is 9.80 Å². The van der Waals surface area contributed by atoms with Crippen molar-refractivity contribution in [2.75, 3.05) is 39.8 Å². The molecule has 0 spiro atoms. The SMILES string of the molecule is CN1CCN(C(=O)OC(C)(C)C)CC1.NCC=O. The summed E-state index contributed by atoms with van der Waals surface area (Å²) in [6, 6.07) is 0. The number of nitrogens with zero attached hydrogens (tertiary/aromatic N) is 2. The zero-order valence-electron chi connectivity index (χ0n) is 11.8. The largest absolute Gasteiger partial charge is 0.444 e. The van der Waals surface area contributed by atoms with Crippen LogP contribution in [0.3, 0.4) is 0 Å². The van der Waals surface area contributed by atoms with Gasteiger partial charge in [0.05, 0.1) is 0 Å². The number of hydrogen-bond donors (Lipinski definition) is 1. The van der Waals surface area contributed by atoms with Crippen LogP contribution in [0.2, 0.25) is 0 Å². The number of amides is 1. The molecule has 1 heterocycles. The molecule has 6 nitrogen and oxygen atoms in total. The van der Waals surface area contributed by atoms with Crippen LogP contribution in [-0.4, -0.2) is 67.6 Å². The summed E-state index contributed by atoms with van der Waals surface area (Å²) in [5.74, 6) is 0. The highest BCUT2D eigenvalue weighted by Crippen LogP contribution is 2.11. The van der Waals surface area contributed by atoms with Crippen LogP contribution in [0.25, 0.3) is 0 Å². The van der Waals surface area contributed by atoms with Crippen molar-refractivity contribution in [2.45, 2.75) is 26.4 Å². The summed E-state index contributed by atoms with van der Waals surface area (Å²) in [7, 11) is 2.06. The van der Waals surface area contributed by atoms with Gasteiger partial charge in [-0.1, -0.05) is 0 Å². The zero-order valence-corrected chi connectivity index (χ0v) is 11.8. The van der Waals surface area contributed by atoms with Crippen LogP contribution in [0.5, 0.6) is 0 Å². The van der Waals surface area contributed by atoms with Crippen LogP contribution >= 0.6 is 0 Å². The molecule has 0 radical (unpaired) electrons. The van der Waals surface area contributed by atoms with Crippen molar-refractivity contribution in [3.8, 4) is 0 Å². The van der Waals surface area contributed by atoms with E-state index in [2.05, 4.69) is 17.7 Å². The predicted molar refractivity (Wildman–Crippen MR) is 70.4 cm³/mol. The molecule has 1 aliphatic rings. The lowest BCUT2D eigenvalue weighted by atomic mass is 10.2. The summed E-state index contributed by atoms with van der Waals surface area (Å²) in [5, 5.41) is 0. The van der Waals surface area contributed by atoms with Crippen LogP contribution in [0.1, 0.15) is 20.8 Å². The topological polar surface area (TPSA) is 75.9 Å². The molecule has 0 saturated carbocycles. The second-order valence-corrected chi connectivity index (χ2v) is 5.17. The van der Waals surface area contributed by atoms with E-state index in [1.165, 1.54) is 0 Å². The average molecular weight is 259 g/mol. The number of carbonyl (C=O) groups is 2. The molecule has 0 atom stereocenters. The molecule has 0 bridgehead atoms. The van der Waals surface area contributed by atoms with Gasteiger partial charge in [-0.25, -0.2) is 4.79 Å². The molecule has 1 saturated heterocycles. The molecular weight excluding hydrogens is 234 g/mol. The number of piperazine rings is 1. The fourth-order valence-electron chi connectivity index (χ4n) is 1.32. The number of carbonyl (C=O) groups excluding carboxylic acids is 2. The third-order valence-corrected chi connectivity index (χ3v) is 2.25. The van der Waals surface area contributed by atoms with E-state index in [9.17, 15) is 4.79 Å². The van der Waals surface area contributed by atoms with Gasteiger partial charge in [0.25, 0.3) is 0 Å². The molecule has 0 aromatic carbocycles. The van der Waals surface area contributed by atoms with Crippen LogP contribution in [0.4, 0.5) is 4.79 Å². The Bertz CT molecular complexity index is 256. The molecule has 6 heteroatoms. The fourth-order valence-corrected chi connectivity index (χ4v) is 1.32. The van der Waals surface area contributed by atoms with Gasteiger partial charge in [-0.3, -0.25) is 0 Å². The Morgan fingerprint density at radius 3 is 2.06 bits per heavy atom. The summed E-state index contributed by atoms with van der Waals surface area (Å²) in [4.78, 5) is 24.6. The van der Waals surface area contributed by atoms with E-state index in [0.717, 1.165) is 26.2 Å². The summed E-state index contributed by atoms with van der Waals surface area (Å²) >= 11 is 0. The number of nitrogens with two attached hydrogens (primary N) is 1. The van der Waals surface area contributed by atoms with Gasteiger partial charge in [-0.2, -0.15) is 0 Å². The predicted octanol–water partition coefficient (Wildman–Crippen LogP) is 0.313. The quantitative estimate of drug-likeness (QED) is 0.686. The van der Waals surface area contributed by atoms with Gasteiger partial charge >= 0.3 is 6.09 Å². The van der Waals surface area contributed by atoms with Crippen LogP contribution in [0.15, 0.2) is 0 Å². The first kappa shape index (κ1) is 16.9. The minimum Gasteiger partial charge on any atom is -0.444 e. The first-order valence-corrected chi connectivity index (χ1v) is 6.10. The van der Waals surface area contributed by atoms with Crippen molar-refractivity contribution in [3.05, 3.63) is 0 Å². The van der Waals surface area contributed by atoms with Crippen molar-refractivity contribution >= 4 is 12.4 Å². The van der Waals surface area contributed by atoms with Crippen molar-refractivity contribution in [2.24, 2.45) is 5.73 Å². The van der Waals surface area contributed by atoms with Gasteiger partial charge < -0.3 is 25.1 Å². The molecule has 1 fully saturated rings. The number of ether oxygens (including phenoxy) is 1. The highest BCUT2D eigenvalue weighted by Gasteiger charge is 2.24. The van der Waals surface area contributed by atoms with E-state index in [1.807, 2.05) is 20.8 Å². The van der Waals surface area contributed by atoms with Crippen LogP contribution in [0, 0.1) is 0 Å². The number of rotatable bonds is 1. The number of likely N-dealkylation sites (N-methyl/N-ethyl adjacent to an activating group) is 1.